The van der Waals surface area contributed by atoms with Crippen molar-refractivity contribution in [2.24, 2.45) is 0 Å². The summed E-state index contributed by atoms with van der Waals surface area (Å²) in [4.78, 5) is 39.9. The number of pyridine rings is 1. The van der Waals surface area contributed by atoms with E-state index in [0.717, 1.165) is 12.1 Å². The van der Waals surface area contributed by atoms with Crippen molar-refractivity contribution in [1.29, 1.82) is 0 Å². The molecule has 0 radical (unpaired) electrons. The Kier molecular flexibility index (Phi) is 6.93. The minimum absolute atomic E-state index is 0.0500. The summed E-state index contributed by atoms with van der Waals surface area (Å²) in [5, 5.41) is 12.2. The van der Waals surface area contributed by atoms with Crippen LogP contribution in [0.1, 0.15) is 46.7 Å². The predicted molar refractivity (Wildman–Crippen MR) is 113 cm³/mol. The van der Waals surface area contributed by atoms with Crippen LogP contribution < -0.4 is 10.4 Å². The molecule has 2 aromatic rings. The number of aromatic hydroxyl groups is 1. The maximum atomic E-state index is 13.9. The number of aryl methyl sites for hydroxylation is 1. The average molecular weight is 449 g/mol. The van der Waals surface area contributed by atoms with Crippen molar-refractivity contribution in [2.75, 3.05) is 31.9 Å². The van der Waals surface area contributed by atoms with Gasteiger partial charge in [-0.15, -0.1) is 0 Å². The van der Waals surface area contributed by atoms with E-state index >= 15 is 0 Å². The van der Waals surface area contributed by atoms with E-state index in [0.29, 0.717) is 6.54 Å². The zero-order chi connectivity index (χ0) is 23.6. The minimum atomic E-state index is -0.966. The molecule has 3 rings (SSSR count). The number of fused-ring (bicyclic) bond motifs is 1. The lowest BCUT2D eigenvalue weighted by Gasteiger charge is -2.41. The van der Waals surface area contributed by atoms with E-state index < -0.39 is 34.5 Å². The van der Waals surface area contributed by atoms with Crippen molar-refractivity contribution in [3.63, 3.8) is 0 Å². The summed E-state index contributed by atoms with van der Waals surface area (Å²) in [6, 6.07) is 2.74. The molecule has 0 fully saturated rings. The van der Waals surface area contributed by atoms with Crippen LogP contribution in [-0.4, -0.2) is 59.3 Å². The third-order valence-electron chi connectivity index (χ3n) is 5.49. The Morgan fingerprint density at radius 1 is 1.28 bits per heavy atom. The van der Waals surface area contributed by atoms with Crippen LogP contribution in [0.5, 0.6) is 5.75 Å². The number of carbonyl (C=O) groups excluding carboxylic acids is 2. The molecular formula is C22H25F2N3O5. The number of hydrogen-bond donors (Lipinski definition) is 1. The normalized spacial score (nSPS) is 14.5. The molecule has 0 unspecified atom stereocenters. The van der Waals surface area contributed by atoms with E-state index in [1.165, 1.54) is 28.9 Å². The molecular weight excluding hydrogens is 424 g/mol. The number of hydrogen-bond acceptors (Lipinski definition) is 6. The first-order chi connectivity index (χ1) is 15.2. The summed E-state index contributed by atoms with van der Waals surface area (Å²) in [5.41, 5.74) is -1.37. The van der Waals surface area contributed by atoms with E-state index in [2.05, 4.69) is 0 Å². The topological polar surface area (TPSA) is 92.1 Å². The number of ether oxygens (including phenoxy) is 1. The summed E-state index contributed by atoms with van der Waals surface area (Å²) in [6.07, 6.45) is 0.958. The van der Waals surface area contributed by atoms with Crippen LogP contribution in [0, 0.1) is 11.6 Å². The number of ketones is 1. The van der Waals surface area contributed by atoms with Crippen LogP contribution in [0.25, 0.3) is 0 Å². The van der Waals surface area contributed by atoms with Crippen molar-refractivity contribution < 1.29 is 28.2 Å². The van der Waals surface area contributed by atoms with Gasteiger partial charge in [-0.25, -0.2) is 8.78 Å². The van der Waals surface area contributed by atoms with Crippen molar-refractivity contribution in [2.45, 2.75) is 32.7 Å². The lowest BCUT2D eigenvalue weighted by molar-refractivity contribution is 0.0483. The second kappa shape index (κ2) is 9.47. The van der Waals surface area contributed by atoms with E-state index in [-0.39, 0.29) is 49.0 Å². The maximum absolute atomic E-state index is 13.9. The molecule has 0 saturated heterocycles. The number of methoxy groups -OCH3 is 1. The summed E-state index contributed by atoms with van der Waals surface area (Å²) in [7, 11) is 1.51. The van der Waals surface area contributed by atoms with Crippen LogP contribution in [0.2, 0.25) is 0 Å². The van der Waals surface area contributed by atoms with Gasteiger partial charge >= 0.3 is 0 Å². The van der Waals surface area contributed by atoms with Crippen LogP contribution in [-0.2, 0) is 11.2 Å². The summed E-state index contributed by atoms with van der Waals surface area (Å²) >= 11 is 0. The largest absolute Gasteiger partial charge is 0.502 e. The monoisotopic (exact) mass is 449 g/mol. The van der Waals surface area contributed by atoms with E-state index in [4.69, 9.17) is 4.74 Å². The van der Waals surface area contributed by atoms with Gasteiger partial charge in [-0.3, -0.25) is 24.1 Å². The standard InChI is InChI=1S/C22H25F2N3O5/c1-4-25-12-26(13(2)11-32-3)22(31)19-21(30)20(29)16(10-27(19)25)18(28)8-6-14-5-7-15(23)9-17(14)24/h5,7,9-10,13,30H,4,6,8,11-12H2,1-3H3/t13-/m0/s1. The highest BCUT2D eigenvalue weighted by molar-refractivity contribution is 6.00. The zero-order valence-corrected chi connectivity index (χ0v) is 18.1. The second-order valence-corrected chi connectivity index (χ2v) is 7.62. The molecule has 2 heterocycles. The molecule has 1 N–H and O–H groups in total. The highest BCUT2D eigenvalue weighted by Crippen LogP contribution is 2.23. The first-order valence-corrected chi connectivity index (χ1v) is 10.2. The Balaban J connectivity index is 1.94. The molecule has 172 valence electrons. The van der Waals surface area contributed by atoms with Gasteiger partial charge < -0.3 is 14.7 Å². The lowest BCUT2D eigenvalue weighted by atomic mass is 10.0. The van der Waals surface area contributed by atoms with Gasteiger partial charge in [0.25, 0.3) is 5.91 Å². The van der Waals surface area contributed by atoms with E-state index in [9.17, 15) is 28.3 Å². The molecule has 0 saturated carbocycles. The lowest BCUT2D eigenvalue weighted by Crippen LogP contribution is -2.57. The highest BCUT2D eigenvalue weighted by atomic mass is 19.1. The Morgan fingerprint density at radius 2 is 2.00 bits per heavy atom. The number of amides is 1. The molecule has 1 atom stereocenters. The molecule has 1 aliphatic rings. The van der Waals surface area contributed by atoms with E-state index in [1.807, 2.05) is 6.92 Å². The fraction of sp³-hybridized carbons (Fsp3) is 0.409. The summed E-state index contributed by atoms with van der Waals surface area (Å²) in [6.45, 7) is 4.47. The van der Waals surface area contributed by atoms with Gasteiger partial charge in [-0.1, -0.05) is 6.07 Å². The van der Waals surface area contributed by atoms with Crippen molar-refractivity contribution in [3.8, 4) is 5.75 Å². The van der Waals surface area contributed by atoms with Gasteiger partial charge in [0.05, 0.1) is 18.2 Å². The molecule has 1 aromatic carbocycles. The van der Waals surface area contributed by atoms with Gasteiger partial charge in [-0.2, -0.15) is 0 Å². The van der Waals surface area contributed by atoms with Gasteiger partial charge in [0.1, 0.15) is 18.3 Å². The van der Waals surface area contributed by atoms with Gasteiger partial charge in [0, 0.05) is 32.3 Å². The molecule has 1 amide bonds. The Bertz CT molecular complexity index is 1100. The Morgan fingerprint density at radius 3 is 2.62 bits per heavy atom. The number of rotatable bonds is 8. The smallest absolute Gasteiger partial charge is 0.278 e. The summed E-state index contributed by atoms with van der Waals surface area (Å²) < 4.78 is 33.4. The molecule has 0 bridgehead atoms. The Hall–Kier alpha value is -3.27. The van der Waals surface area contributed by atoms with Crippen LogP contribution >= 0.6 is 0 Å². The second-order valence-electron chi connectivity index (χ2n) is 7.62. The fourth-order valence-corrected chi connectivity index (χ4v) is 3.68. The molecule has 1 aromatic heterocycles. The first-order valence-electron chi connectivity index (χ1n) is 10.2. The van der Waals surface area contributed by atoms with Gasteiger partial charge in [0.2, 0.25) is 5.43 Å². The molecule has 32 heavy (non-hydrogen) atoms. The van der Waals surface area contributed by atoms with Crippen molar-refractivity contribution in [3.05, 3.63) is 63.1 Å². The molecule has 0 aliphatic carbocycles. The molecule has 8 nitrogen and oxygen atoms in total. The quantitative estimate of drug-likeness (QED) is 0.621. The Labute approximate surface area is 183 Å². The van der Waals surface area contributed by atoms with Crippen LogP contribution in [0.15, 0.2) is 29.2 Å². The summed E-state index contributed by atoms with van der Waals surface area (Å²) in [5.74, 6) is -3.50. The van der Waals surface area contributed by atoms with E-state index in [1.54, 1.807) is 11.9 Å². The van der Waals surface area contributed by atoms with Crippen molar-refractivity contribution >= 4 is 11.7 Å². The fourth-order valence-electron chi connectivity index (χ4n) is 3.68. The van der Waals surface area contributed by atoms with Crippen LogP contribution in [0.3, 0.4) is 0 Å². The molecule has 10 heteroatoms. The van der Waals surface area contributed by atoms with Crippen LogP contribution in [0.4, 0.5) is 8.78 Å². The average Bonchev–Trinajstić information content (AvgIpc) is 2.75. The molecule has 1 aliphatic heterocycles. The number of carbonyl (C=O) groups is 2. The van der Waals surface area contributed by atoms with Gasteiger partial charge in [0.15, 0.2) is 17.2 Å². The first kappa shape index (κ1) is 23.4. The van der Waals surface area contributed by atoms with Gasteiger partial charge in [-0.05, 0) is 31.9 Å². The zero-order valence-electron chi connectivity index (χ0n) is 18.1. The third-order valence-corrected chi connectivity index (χ3v) is 5.49. The number of benzene rings is 1. The maximum Gasteiger partial charge on any atom is 0.278 e. The minimum Gasteiger partial charge on any atom is -0.502 e. The van der Waals surface area contributed by atoms with Crippen molar-refractivity contribution in [1.82, 2.24) is 9.58 Å². The predicted octanol–water partition coefficient (Wildman–Crippen LogP) is 2.05. The highest BCUT2D eigenvalue weighted by Gasteiger charge is 2.35. The number of Topliss-reactive ketones (excluding diaryl/α,β-unsaturated/α-hetero) is 1. The number of halogens is 2. The SMILES string of the molecule is CCN1CN([C@@H](C)COC)C(=O)c2c(O)c(=O)c(C(=O)CCc3ccc(F)cc3F)cn21. The molecule has 0 spiro atoms. The number of aromatic nitrogens is 1. The third kappa shape index (κ3) is 4.36. The number of nitrogens with zero attached hydrogens (tertiary/aromatic N) is 3.